The first-order valence-electron chi connectivity index (χ1n) is 6.23. The van der Waals surface area contributed by atoms with Crippen molar-refractivity contribution in [1.82, 2.24) is 10.2 Å². The monoisotopic (exact) mass is 258 g/mol. The molecule has 0 bridgehead atoms. The van der Waals surface area contributed by atoms with Gasteiger partial charge < -0.3 is 14.4 Å². The van der Waals surface area contributed by atoms with Gasteiger partial charge in [0.05, 0.1) is 26.9 Å². The SMILES string of the molecule is COC(=O)C(NCC(=O)N1CCOCC1)C(C)C. The maximum absolute atomic E-state index is 11.9. The smallest absolute Gasteiger partial charge is 0.323 e. The molecule has 0 spiro atoms. The fourth-order valence-electron chi connectivity index (χ4n) is 1.84. The van der Waals surface area contributed by atoms with E-state index in [1.165, 1.54) is 7.11 Å². The molecule has 104 valence electrons. The molecule has 1 aliphatic heterocycles. The Balaban J connectivity index is 2.41. The van der Waals surface area contributed by atoms with Crippen LogP contribution in [0.15, 0.2) is 0 Å². The molecular weight excluding hydrogens is 236 g/mol. The molecular formula is C12H22N2O4. The van der Waals surface area contributed by atoms with Gasteiger partial charge in [0.1, 0.15) is 6.04 Å². The molecule has 18 heavy (non-hydrogen) atoms. The van der Waals surface area contributed by atoms with E-state index in [1.807, 2.05) is 13.8 Å². The lowest BCUT2D eigenvalue weighted by Gasteiger charge is -2.28. The molecule has 1 unspecified atom stereocenters. The van der Waals surface area contributed by atoms with E-state index in [0.717, 1.165) is 0 Å². The minimum Gasteiger partial charge on any atom is -0.468 e. The molecule has 1 rings (SSSR count). The second kappa shape index (κ2) is 7.33. The molecule has 1 N–H and O–H groups in total. The Kier molecular flexibility index (Phi) is 6.07. The van der Waals surface area contributed by atoms with Crippen LogP contribution in [0.2, 0.25) is 0 Å². The summed E-state index contributed by atoms with van der Waals surface area (Å²) in [7, 11) is 1.35. The van der Waals surface area contributed by atoms with Crippen molar-refractivity contribution >= 4 is 11.9 Å². The van der Waals surface area contributed by atoms with Crippen LogP contribution < -0.4 is 5.32 Å². The number of amides is 1. The predicted octanol–water partition coefficient (Wildman–Crippen LogP) is -0.368. The van der Waals surface area contributed by atoms with Crippen LogP contribution in [0.1, 0.15) is 13.8 Å². The molecule has 6 nitrogen and oxygen atoms in total. The Labute approximate surface area is 108 Å². The summed E-state index contributed by atoms with van der Waals surface area (Å²) in [6.45, 7) is 6.36. The molecule has 1 aliphatic rings. The molecule has 0 saturated carbocycles. The van der Waals surface area contributed by atoms with Crippen molar-refractivity contribution in [3.05, 3.63) is 0 Å². The number of nitrogens with zero attached hydrogens (tertiary/aromatic N) is 1. The Hall–Kier alpha value is -1.14. The zero-order chi connectivity index (χ0) is 13.5. The summed E-state index contributed by atoms with van der Waals surface area (Å²) in [4.78, 5) is 25.1. The van der Waals surface area contributed by atoms with Crippen molar-refractivity contribution in [3.63, 3.8) is 0 Å². The van der Waals surface area contributed by atoms with Gasteiger partial charge in [0.15, 0.2) is 0 Å². The maximum atomic E-state index is 11.9. The van der Waals surface area contributed by atoms with Crippen molar-refractivity contribution < 1.29 is 19.1 Å². The predicted molar refractivity (Wildman–Crippen MR) is 66.0 cm³/mol. The van der Waals surface area contributed by atoms with Gasteiger partial charge in [-0.25, -0.2) is 0 Å². The second-order valence-corrected chi connectivity index (χ2v) is 4.62. The average Bonchev–Trinajstić information content (AvgIpc) is 2.39. The summed E-state index contributed by atoms with van der Waals surface area (Å²) < 4.78 is 9.89. The summed E-state index contributed by atoms with van der Waals surface area (Å²) in [5, 5.41) is 2.96. The minimum atomic E-state index is -0.444. The molecule has 0 aromatic heterocycles. The lowest BCUT2D eigenvalue weighted by Crippen LogP contribution is -2.49. The molecule has 0 radical (unpaired) electrons. The van der Waals surface area contributed by atoms with E-state index in [2.05, 4.69) is 5.32 Å². The number of rotatable bonds is 5. The van der Waals surface area contributed by atoms with Gasteiger partial charge in [-0.15, -0.1) is 0 Å². The van der Waals surface area contributed by atoms with E-state index in [9.17, 15) is 9.59 Å². The van der Waals surface area contributed by atoms with E-state index >= 15 is 0 Å². The third kappa shape index (κ3) is 4.27. The fraction of sp³-hybridized carbons (Fsp3) is 0.833. The van der Waals surface area contributed by atoms with Crippen LogP contribution in [0.4, 0.5) is 0 Å². The number of morpholine rings is 1. The Morgan fingerprint density at radius 3 is 2.44 bits per heavy atom. The number of ether oxygens (including phenoxy) is 2. The zero-order valence-electron chi connectivity index (χ0n) is 11.3. The third-order valence-corrected chi connectivity index (χ3v) is 2.96. The number of hydrogen-bond donors (Lipinski definition) is 1. The molecule has 1 saturated heterocycles. The third-order valence-electron chi connectivity index (χ3n) is 2.96. The summed E-state index contributed by atoms with van der Waals surface area (Å²) in [6, 6.07) is -0.444. The van der Waals surface area contributed by atoms with Gasteiger partial charge >= 0.3 is 5.97 Å². The largest absolute Gasteiger partial charge is 0.468 e. The van der Waals surface area contributed by atoms with E-state index < -0.39 is 6.04 Å². The fourth-order valence-corrected chi connectivity index (χ4v) is 1.84. The van der Waals surface area contributed by atoms with E-state index in [0.29, 0.717) is 26.3 Å². The van der Waals surface area contributed by atoms with Crippen molar-refractivity contribution in [3.8, 4) is 0 Å². The first-order valence-corrected chi connectivity index (χ1v) is 6.23. The average molecular weight is 258 g/mol. The van der Waals surface area contributed by atoms with Gasteiger partial charge in [-0.2, -0.15) is 0 Å². The van der Waals surface area contributed by atoms with E-state index in [1.54, 1.807) is 4.90 Å². The van der Waals surface area contributed by atoms with Gasteiger partial charge in [-0.05, 0) is 5.92 Å². The lowest BCUT2D eigenvalue weighted by atomic mass is 10.0. The standard InChI is InChI=1S/C12H22N2O4/c1-9(2)11(12(16)17-3)13-8-10(15)14-4-6-18-7-5-14/h9,11,13H,4-8H2,1-3H3. The molecule has 0 aliphatic carbocycles. The molecule has 6 heteroatoms. The van der Waals surface area contributed by atoms with Crippen molar-refractivity contribution in [2.75, 3.05) is 40.0 Å². The zero-order valence-corrected chi connectivity index (χ0v) is 11.3. The highest BCUT2D eigenvalue weighted by Crippen LogP contribution is 2.04. The van der Waals surface area contributed by atoms with Gasteiger partial charge in [0, 0.05) is 13.1 Å². The van der Waals surface area contributed by atoms with Crippen LogP contribution in [0.3, 0.4) is 0 Å². The molecule has 1 fully saturated rings. The number of carbonyl (C=O) groups is 2. The van der Waals surface area contributed by atoms with E-state index in [-0.39, 0.29) is 24.3 Å². The highest BCUT2D eigenvalue weighted by molar-refractivity contribution is 5.80. The quantitative estimate of drug-likeness (QED) is 0.682. The van der Waals surface area contributed by atoms with Gasteiger partial charge in [-0.3, -0.25) is 14.9 Å². The Bertz CT molecular complexity index is 288. The van der Waals surface area contributed by atoms with Gasteiger partial charge in [-0.1, -0.05) is 13.8 Å². The number of esters is 1. The minimum absolute atomic E-state index is 0.00662. The number of nitrogens with one attached hydrogen (secondary N) is 1. The van der Waals surface area contributed by atoms with Gasteiger partial charge in [0.2, 0.25) is 5.91 Å². The Morgan fingerprint density at radius 1 is 1.33 bits per heavy atom. The summed E-state index contributed by atoms with van der Waals surface area (Å²) >= 11 is 0. The van der Waals surface area contributed by atoms with Crippen LogP contribution in [-0.2, 0) is 19.1 Å². The second-order valence-electron chi connectivity index (χ2n) is 4.62. The van der Waals surface area contributed by atoms with Crippen molar-refractivity contribution in [1.29, 1.82) is 0 Å². The topological polar surface area (TPSA) is 67.9 Å². The normalized spacial score (nSPS) is 17.7. The van der Waals surface area contributed by atoms with Gasteiger partial charge in [0.25, 0.3) is 0 Å². The summed E-state index contributed by atoms with van der Waals surface area (Å²) in [6.07, 6.45) is 0. The van der Waals surface area contributed by atoms with E-state index in [4.69, 9.17) is 9.47 Å². The molecule has 1 heterocycles. The number of hydrogen-bond acceptors (Lipinski definition) is 5. The number of methoxy groups -OCH3 is 1. The summed E-state index contributed by atoms with van der Waals surface area (Å²) in [5.41, 5.74) is 0. The lowest BCUT2D eigenvalue weighted by molar-refractivity contribution is -0.144. The highest BCUT2D eigenvalue weighted by atomic mass is 16.5. The van der Waals surface area contributed by atoms with Crippen LogP contribution in [0.5, 0.6) is 0 Å². The highest BCUT2D eigenvalue weighted by Gasteiger charge is 2.24. The maximum Gasteiger partial charge on any atom is 0.323 e. The first-order chi connectivity index (χ1) is 8.56. The van der Waals surface area contributed by atoms with Crippen molar-refractivity contribution in [2.45, 2.75) is 19.9 Å². The summed E-state index contributed by atoms with van der Waals surface area (Å²) in [5.74, 6) is -0.262. The van der Waals surface area contributed by atoms with Crippen LogP contribution in [0.25, 0.3) is 0 Å². The molecule has 1 amide bonds. The Morgan fingerprint density at radius 2 is 1.94 bits per heavy atom. The molecule has 0 aromatic carbocycles. The van der Waals surface area contributed by atoms with Crippen molar-refractivity contribution in [2.24, 2.45) is 5.92 Å². The van der Waals surface area contributed by atoms with Crippen LogP contribution in [-0.4, -0.2) is 62.8 Å². The first kappa shape index (κ1) is 14.9. The number of carbonyl (C=O) groups excluding carboxylic acids is 2. The molecule has 1 atom stereocenters. The molecule has 0 aromatic rings. The van der Waals surface area contributed by atoms with Crippen LogP contribution >= 0.6 is 0 Å². The van der Waals surface area contributed by atoms with Crippen LogP contribution in [0, 0.1) is 5.92 Å².